The van der Waals surface area contributed by atoms with E-state index in [1.807, 2.05) is 0 Å². The highest BCUT2D eigenvalue weighted by molar-refractivity contribution is 5.74. The van der Waals surface area contributed by atoms with Crippen molar-refractivity contribution >= 4 is 17.7 Å². The minimum Gasteiger partial charge on any atom is -0.394 e. The lowest BCUT2D eigenvalue weighted by Crippen LogP contribution is -2.71. The van der Waals surface area contributed by atoms with Crippen LogP contribution in [0, 0.1) is 0 Å². The van der Waals surface area contributed by atoms with E-state index in [1.54, 1.807) is 0 Å². The van der Waals surface area contributed by atoms with E-state index in [4.69, 9.17) is 90.0 Å². The van der Waals surface area contributed by atoms with Gasteiger partial charge in [-0.3, -0.25) is 14.4 Å². The van der Waals surface area contributed by atoms with Crippen LogP contribution in [0.1, 0.15) is 34.6 Å². The summed E-state index contributed by atoms with van der Waals surface area (Å²) >= 11 is 0. The number of aliphatic hydroxyl groups is 26. The second-order valence-electron chi connectivity index (χ2n) is 29.8. The SMILES string of the molecule is CC(=O)N[C@@H]1[C@@H](O[C@@H]2O[C@@H](C)[C@@H](O)[C@@H](O)[C@@H]2O)[C@H](O[C@@H]2O[C@H](CO)[C@@H](O[C@@H]3O[C@H](CO[C@H]4O[C@H](CO[C@H]5O[C@H](CO)[C@@H](O)[C@H](O)[C@@H]5O)[C@@H](O)[C@H](O)[C@@H]4O[C@@H]4O[C@H](CO[C@@H]5O[C@@H](C)[C@@H](O)[C@@H](O)[C@@H]5O)[C@@H](O)[C@H](O)[C@H]4NC(C)=O)[C@@H](O)[C@H](O[C@H]4O[C@H](CO)[C@@H](O)[C@H](O)[C@@H]4O)[C@@H]3O[C@@H]3OC[C@@H](O)[C@H](O)[C@H]3O)[C@H](O)[C@H]2NC(C)=O)[C@@H](CO)O[C@H]1O. The summed E-state index contributed by atoms with van der Waals surface area (Å²) < 4.78 is 114. The first-order chi connectivity index (χ1) is 54.7. The predicted octanol–water partition coefficient (Wildman–Crippen LogP) is -19.7. The fraction of sp³-hybridized carbons (Fsp3) is 0.954. The van der Waals surface area contributed by atoms with Crippen LogP contribution in [-0.2, 0) is 104 Å². The van der Waals surface area contributed by atoms with Crippen LogP contribution >= 0.6 is 0 Å². The zero-order chi connectivity index (χ0) is 85.2. The molecule has 0 bridgehead atoms. The van der Waals surface area contributed by atoms with Gasteiger partial charge in [0.15, 0.2) is 62.9 Å². The molecular weight excluding hydrogens is 1590 g/mol. The van der Waals surface area contributed by atoms with Crippen molar-refractivity contribution in [2.24, 2.45) is 0 Å². The highest BCUT2D eigenvalue weighted by Gasteiger charge is 2.61. The molecule has 0 radical (unpaired) electrons. The number of carbonyl (C=O) groups excluding carboxylic acids is 3. The summed E-state index contributed by atoms with van der Waals surface area (Å²) in [5.41, 5.74) is 0. The van der Waals surface area contributed by atoms with E-state index >= 15 is 0 Å². The third-order valence-electron chi connectivity index (χ3n) is 21.6. The van der Waals surface area contributed by atoms with Crippen molar-refractivity contribution < 1.29 is 237 Å². The van der Waals surface area contributed by atoms with Crippen molar-refractivity contribution in [3.8, 4) is 0 Å². The molecule has 0 aromatic rings. The van der Waals surface area contributed by atoms with Gasteiger partial charge in [0.25, 0.3) is 0 Å². The maximum absolute atomic E-state index is 13.4. The molecule has 51 nitrogen and oxygen atoms in total. The quantitative estimate of drug-likeness (QED) is 0.0346. The zero-order valence-electron chi connectivity index (χ0n) is 62.6. The van der Waals surface area contributed by atoms with Crippen molar-refractivity contribution in [1.82, 2.24) is 16.0 Å². The highest BCUT2D eigenvalue weighted by Crippen LogP contribution is 2.41. The van der Waals surface area contributed by atoms with Crippen molar-refractivity contribution in [2.45, 2.75) is 335 Å². The molecule has 3 amide bonds. The van der Waals surface area contributed by atoms with Crippen molar-refractivity contribution in [3.63, 3.8) is 0 Å². The summed E-state index contributed by atoms with van der Waals surface area (Å²) in [5.74, 6) is -2.79. The fourth-order valence-electron chi connectivity index (χ4n) is 14.9. The fourth-order valence-corrected chi connectivity index (χ4v) is 14.9. The number of ether oxygens (including phenoxy) is 19. The van der Waals surface area contributed by atoms with Crippen LogP contribution in [0.15, 0.2) is 0 Å². The third kappa shape index (κ3) is 20.8. The van der Waals surface area contributed by atoms with Gasteiger partial charge in [-0.15, -0.1) is 0 Å². The lowest BCUT2D eigenvalue weighted by molar-refractivity contribution is -0.406. The Morgan fingerprint density at radius 3 is 1.15 bits per heavy atom. The Kier molecular flexibility index (Phi) is 33.5. The summed E-state index contributed by atoms with van der Waals surface area (Å²) in [4.78, 5) is 39.0. The molecule has 0 aliphatic carbocycles. The average molecular weight is 1700 g/mol. The summed E-state index contributed by atoms with van der Waals surface area (Å²) in [6.07, 6.45) is -94.3. The van der Waals surface area contributed by atoms with E-state index in [-0.39, 0.29) is 0 Å². The smallest absolute Gasteiger partial charge is 0.217 e. The van der Waals surface area contributed by atoms with Gasteiger partial charge in [0.2, 0.25) is 17.7 Å². The summed E-state index contributed by atoms with van der Waals surface area (Å²) in [6, 6.07) is -5.72. The molecule has 49 atom stereocenters. The number of carbonyl (C=O) groups is 3. The van der Waals surface area contributed by atoms with E-state index < -0.39 is 371 Å². The van der Waals surface area contributed by atoms with Gasteiger partial charge in [0.1, 0.15) is 226 Å². The molecule has 10 aliphatic rings. The Morgan fingerprint density at radius 2 is 0.621 bits per heavy atom. The Balaban J connectivity index is 1.02. The number of rotatable bonds is 28. The molecule has 0 saturated carbocycles. The van der Waals surface area contributed by atoms with E-state index in [1.165, 1.54) is 13.8 Å². The molecular formula is C65H109N3O48. The number of hydrogen-bond acceptors (Lipinski definition) is 48. The third-order valence-corrected chi connectivity index (χ3v) is 21.6. The molecule has 10 rings (SSSR count). The molecule has 672 valence electrons. The van der Waals surface area contributed by atoms with Crippen LogP contribution in [-0.4, -0.2) is 504 Å². The lowest BCUT2D eigenvalue weighted by Gasteiger charge is -2.52. The normalized spacial score (nSPS) is 51.1. The van der Waals surface area contributed by atoms with E-state index in [2.05, 4.69) is 16.0 Å². The molecule has 51 heteroatoms. The van der Waals surface area contributed by atoms with Gasteiger partial charge in [0, 0.05) is 20.8 Å². The molecule has 0 aromatic heterocycles. The zero-order valence-corrected chi connectivity index (χ0v) is 62.6. The molecule has 0 unspecified atom stereocenters. The predicted molar refractivity (Wildman–Crippen MR) is 356 cm³/mol. The first-order valence-electron chi connectivity index (χ1n) is 37.3. The van der Waals surface area contributed by atoms with Crippen LogP contribution in [0.25, 0.3) is 0 Å². The Hall–Kier alpha value is -3.39. The summed E-state index contributed by atoms with van der Waals surface area (Å²) in [7, 11) is 0. The molecule has 29 N–H and O–H groups in total. The maximum Gasteiger partial charge on any atom is 0.217 e. The second-order valence-corrected chi connectivity index (χ2v) is 29.8. The van der Waals surface area contributed by atoms with Gasteiger partial charge >= 0.3 is 0 Å². The highest BCUT2D eigenvalue weighted by atomic mass is 16.8. The second kappa shape index (κ2) is 40.9. The van der Waals surface area contributed by atoms with Gasteiger partial charge in [-0.1, -0.05) is 0 Å². The minimum absolute atomic E-state index is 0.834. The standard InChI is InChI=1S/C65H109N3O48/c1-14-30(77)40(87)46(93)59(102-14)99-11-24-35(82)38(85)27(66-16(3)73)57(108-24)115-54-44(91)36(83)25(12-100-60-47(94)42(89)33(80)20(6-69)105-60)109-64(54)101-13-26-37(84)53(114-63-49(96)43(90)34(81)21(7-70)106-63)55(116-61-45(92)32(79)19(76)10-98-61)65(110-26)111-50-22(8-71)107-58(28(39(50)86)67-17(4)74)112-51-23(9-72)104-56(97)29(68-18(5)75)52(51)113-62-48(95)41(88)31(78)15(2)103-62/h14-15,19-65,69-72,76-97H,6-13H2,1-5H3,(H,66,73)(H,67,74)(H,68,75)/t14-,15-,19+,20+,21+,22+,23+,24+,25+,26+,27+,28+,29+,30+,31+,32-,33+,34+,35+,36+,37+,38+,39+,40+,41+,42-,43-,44-,45+,46-,47-,48-,49-,50+,51+,52+,53-,54-,55-,56+,57-,58-,59+,60-,61-,62-,63+,64-,65-/m0/s1. The van der Waals surface area contributed by atoms with Gasteiger partial charge < -0.3 is 239 Å². The van der Waals surface area contributed by atoms with Crippen LogP contribution in [0.5, 0.6) is 0 Å². The number of nitrogens with one attached hydrogen (secondary N) is 3. The van der Waals surface area contributed by atoms with Crippen molar-refractivity contribution in [2.75, 3.05) is 52.9 Å². The Bertz CT molecular complexity index is 3080. The number of hydrogen-bond donors (Lipinski definition) is 29. The van der Waals surface area contributed by atoms with Gasteiger partial charge in [-0.2, -0.15) is 0 Å². The van der Waals surface area contributed by atoms with E-state index in [0.29, 0.717) is 0 Å². The lowest BCUT2D eigenvalue weighted by atomic mass is 9.93. The summed E-state index contributed by atoms with van der Waals surface area (Å²) in [5, 5.41) is 296. The molecule has 10 aliphatic heterocycles. The first-order valence-corrected chi connectivity index (χ1v) is 37.3. The molecule has 10 fully saturated rings. The van der Waals surface area contributed by atoms with Crippen LogP contribution < -0.4 is 16.0 Å². The van der Waals surface area contributed by atoms with Crippen molar-refractivity contribution in [3.05, 3.63) is 0 Å². The van der Waals surface area contributed by atoms with Crippen molar-refractivity contribution in [1.29, 1.82) is 0 Å². The van der Waals surface area contributed by atoms with Crippen LogP contribution in [0.2, 0.25) is 0 Å². The summed E-state index contributed by atoms with van der Waals surface area (Å²) in [6.45, 7) is -3.01. The number of amides is 3. The van der Waals surface area contributed by atoms with E-state index in [9.17, 15) is 147 Å². The Labute approximate surface area is 657 Å². The average Bonchev–Trinajstić information content (AvgIpc) is 0.760. The minimum atomic E-state index is -2.51. The Morgan fingerprint density at radius 1 is 0.276 bits per heavy atom. The molecule has 10 heterocycles. The molecule has 0 spiro atoms. The molecule has 0 aromatic carbocycles. The van der Waals surface area contributed by atoms with Gasteiger partial charge in [0.05, 0.1) is 65.1 Å². The first kappa shape index (κ1) is 94.9. The van der Waals surface area contributed by atoms with Crippen LogP contribution in [0.4, 0.5) is 0 Å². The largest absolute Gasteiger partial charge is 0.394 e. The van der Waals surface area contributed by atoms with Gasteiger partial charge in [-0.05, 0) is 13.8 Å². The van der Waals surface area contributed by atoms with Crippen LogP contribution in [0.3, 0.4) is 0 Å². The topological polar surface area (TPSA) is 789 Å². The molecule has 10 saturated heterocycles. The monoisotopic (exact) mass is 1700 g/mol. The number of aliphatic hydroxyl groups excluding tert-OH is 26. The van der Waals surface area contributed by atoms with Gasteiger partial charge in [-0.25, -0.2) is 0 Å². The maximum atomic E-state index is 13.4. The molecule has 116 heavy (non-hydrogen) atoms. The van der Waals surface area contributed by atoms with E-state index in [0.717, 1.165) is 20.8 Å².